The third-order valence-electron chi connectivity index (χ3n) is 2.36. The van der Waals surface area contributed by atoms with Gasteiger partial charge in [0.25, 0.3) is 0 Å². The summed E-state index contributed by atoms with van der Waals surface area (Å²) >= 11 is 0. The summed E-state index contributed by atoms with van der Waals surface area (Å²) in [6, 6.07) is 3.72. The van der Waals surface area contributed by atoms with E-state index >= 15 is 0 Å². The Labute approximate surface area is 96.6 Å². The van der Waals surface area contributed by atoms with Crippen molar-refractivity contribution in [3.8, 4) is 0 Å². The smallest absolute Gasteiger partial charge is 0.236 e. The fourth-order valence-electron chi connectivity index (χ4n) is 1.45. The standard InChI is InChI=1S/C12H20N2O2/c1-3-7-13-9-12(15)14(4-2)10-11-6-5-8-16-11/h5-6,8,13H,3-4,7,9-10H2,1-2H3. The molecule has 0 aliphatic rings. The Morgan fingerprint density at radius 1 is 1.50 bits per heavy atom. The van der Waals surface area contributed by atoms with E-state index in [9.17, 15) is 4.79 Å². The van der Waals surface area contributed by atoms with Gasteiger partial charge in [-0.25, -0.2) is 0 Å². The number of carbonyl (C=O) groups excluding carboxylic acids is 1. The number of likely N-dealkylation sites (N-methyl/N-ethyl adjacent to an activating group) is 1. The van der Waals surface area contributed by atoms with E-state index in [4.69, 9.17) is 4.42 Å². The lowest BCUT2D eigenvalue weighted by Crippen LogP contribution is -2.37. The first kappa shape index (κ1) is 12.8. The van der Waals surface area contributed by atoms with Gasteiger partial charge < -0.3 is 14.6 Å². The number of nitrogens with zero attached hydrogens (tertiary/aromatic N) is 1. The minimum Gasteiger partial charge on any atom is -0.467 e. The SMILES string of the molecule is CCCNCC(=O)N(CC)Cc1ccco1. The van der Waals surface area contributed by atoms with Gasteiger partial charge in [0.2, 0.25) is 5.91 Å². The summed E-state index contributed by atoms with van der Waals surface area (Å²) in [6.45, 7) is 6.59. The van der Waals surface area contributed by atoms with Crippen molar-refractivity contribution in [2.75, 3.05) is 19.6 Å². The molecule has 0 aromatic carbocycles. The number of hydrogen-bond donors (Lipinski definition) is 1. The van der Waals surface area contributed by atoms with Crippen LogP contribution in [0.2, 0.25) is 0 Å². The molecule has 0 radical (unpaired) electrons. The third kappa shape index (κ3) is 4.06. The van der Waals surface area contributed by atoms with Gasteiger partial charge in [-0.1, -0.05) is 6.92 Å². The molecule has 1 aromatic rings. The van der Waals surface area contributed by atoms with Gasteiger partial charge in [0, 0.05) is 6.54 Å². The van der Waals surface area contributed by atoms with Crippen LogP contribution >= 0.6 is 0 Å². The van der Waals surface area contributed by atoms with Gasteiger partial charge in [-0.3, -0.25) is 4.79 Å². The molecule has 0 saturated heterocycles. The molecule has 0 fully saturated rings. The first-order chi connectivity index (χ1) is 7.77. The molecular formula is C12H20N2O2. The molecule has 0 aliphatic heterocycles. The Kier molecular flexibility index (Phi) is 5.64. The first-order valence-corrected chi connectivity index (χ1v) is 5.78. The lowest BCUT2D eigenvalue weighted by Gasteiger charge is -2.19. The molecular weight excluding hydrogens is 204 g/mol. The lowest BCUT2D eigenvalue weighted by atomic mass is 10.3. The Morgan fingerprint density at radius 3 is 2.88 bits per heavy atom. The summed E-state index contributed by atoms with van der Waals surface area (Å²) in [6.07, 6.45) is 2.67. The van der Waals surface area contributed by atoms with Crippen LogP contribution in [0.1, 0.15) is 26.0 Å². The maximum Gasteiger partial charge on any atom is 0.236 e. The summed E-state index contributed by atoms with van der Waals surface area (Å²) in [5, 5.41) is 3.11. The number of hydrogen-bond acceptors (Lipinski definition) is 3. The Bertz CT molecular complexity index is 296. The van der Waals surface area contributed by atoms with Crippen LogP contribution < -0.4 is 5.32 Å². The zero-order valence-electron chi connectivity index (χ0n) is 10.0. The molecule has 1 heterocycles. The largest absolute Gasteiger partial charge is 0.467 e. The first-order valence-electron chi connectivity index (χ1n) is 5.78. The maximum atomic E-state index is 11.8. The summed E-state index contributed by atoms with van der Waals surface area (Å²) in [5.41, 5.74) is 0. The van der Waals surface area contributed by atoms with Gasteiger partial charge >= 0.3 is 0 Å². The average Bonchev–Trinajstić information content (AvgIpc) is 2.78. The zero-order chi connectivity index (χ0) is 11.8. The highest BCUT2D eigenvalue weighted by atomic mass is 16.3. The number of rotatable bonds is 7. The fraction of sp³-hybridized carbons (Fsp3) is 0.583. The van der Waals surface area contributed by atoms with E-state index in [1.165, 1.54) is 0 Å². The molecule has 1 rings (SSSR count). The molecule has 1 N–H and O–H groups in total. The third-order valence-corrected chi connectivity index (χ3v) is 2.36. The molecule has 1 aromatic heterocycles. The highest BCUT2D eigenvalue weighted by molar-refractivity contribution is 5.78. The van der Waals surface area contributed by atoms with Crippen LogP contribution in [0.25, 0.3) is 0 Å². The lowest BCUT2D eigenvalue weighted by molar-refractivity contribution is -0.130. The van der Waals surface area contributed by atoms with Crippen LogP contribution in [0.15, 0.2) is 22.8 Å². The quantitative estimate of drug-likeness (QED) is 0.716. The second-order valence-electron chi connectivity index (χ2n) is 3.66. The molecule has 16 heavy (non-hydrogen) atoms. The maximum absolute atomic E-state index is 11.8. The van der Waals surface area contributed by atoms with Crippen molar-refractivity contribution in [3.63, 3.8) is 0 Å². The van der Waals surface area contributed by atoms with E-state index < -0.39 is 0 Å². The highest BCUT2D eigenvalue weighted by Gasteiger charge is 2.12. The van der Waals surface area contributed by atoms with E-state index in [0.717, 1.165) is 18.7 Å². The Balaban J connectivity index is 2.38. The van der Waals surface area contributed by atoms with Crippen molar-refractivity contribution in [1.29, 1.82) is 0 Å². The summed E-state index contributed by atoms with van der Waals surface area (Å²) < 4.78 is 5.23. The molecule has 90 valence electrons. The predicted octanol–water partition coefficient (Wildman–Crippen LogP) is 1.63. The minimum absolute atomic E-state index is 0.118. The van der Waals surface area contributed by atoms with Gasteiger partial charge in [-0.2, -0.15) is 0 Å². The molecule has 0 spiro atoms. The van der Waals surface area contributed by atoms with Crippen LogP contribution in [-0.2, 0) is 11.3 Å². The zero-order valence-corrected chi connectivity index (χ0v) is 10.0. The molecule has 4 heteroatoms. The van der Waals surface area contributed by atoms with Gasteiger partial charge in [0.15, 0.2) is 0 Å². The summed E-state index contributed by atoms with van der Waals surface area (Å²) in [4.78, 5) is 13.6. The van der Waals surface area contributed by atoms with Crippen molar-refractivity contribution < 1.29 is 9.21 Å². The van der Waals surface area contributed by atoms with Crippen molar-refractivity contribution in [2.24, 2.45) is 0 Å². The van der Waals surface area contributed by atoms with Crippen LogP contribution in [0.4, 0.5) is 0 Å². The monoisotopic (exact) mass is 224 g/mol. The molecule has 1 amide bonds. The predicted molar refractivity (Wildman–Crippen MR) is 63.0 cm³/mol. The van der Waals surface area contributed by atoms with Crippen LogP contribution in [-0.4, -0.2) is 30.4 Å². The van der Waals surface area contributed by atoms with Crippen LogP contribution in [0.5, 0.6) is 0 Å². The molecule has 0 aliphatic carbocycles. The highest BCUT2D eigenvalue weighted by Crippen LogP contribution is 2.05. The van der Waals surface area contributed by atoms with Crippen LogP contribution in [0, 0.1) is 0 Å². The molecule has 0 saturated carbocycles. The molecule has 0 atom stereocenters. The van der Waals surface area contributed by atoms with E-state index in [-0.39, 0.29) is 5.91 Å². The van der Waals surface area contributed by atoms with E-state index in [1.54, 1.807) is 11.2 Å². The van der Waals surface area contributed by atoms with Crippen molar-refractivity contribution in [1.82, 2.24) is 10.2 Å². The number of carbonyl (C=O) groups is 1. The number of amides is 1. The Morgan fingerprint density at radius 2 is 2.31 bits per heavy atom. The van der Waals surface area contributed by atoms with E-state index in [1.807, 2.05) is 19.1 Å². The molecule has 0 bridgehead atoms. The second-order valence-corrected chi connectivity index (χ2v) is 3.66. The van der Waals surface area contributed by atoms with Gasteiger partial charge in [0.1, 0.15) is 5.76 Å². The van der Waals surface area contributed by atoms with Crippen LogP contribution in [0.3, 0.4) is 0 Å². The number of nitrogens with one attached hydrogen (secondary N) is 1. The normalized spacial score (nSPS) is 10.4. The summed E-state index contributed by atoms with van der Waals surface area (Å²) in [7, 11) is 0. The molecule has 0 unspecified atom stereocenters. The average molecular weight is 224 g/mol. The van der Waals surface area contributed by atoms with Crippen molar-refractivity contribution >= 4 is 5.91 Å². The van der Waals surface area contributed by atoms with E-state index in [2.05, 4.69) is 12.2 Å². The number of furan rings is 1. The van der Waals surface area contributed by atoms with E-state index in [0.29, 0.717) is 19.6 Å². The second kappa shape index (κ2) is 7.06. The van der Waals surface area contributed by atoms with Crippen molar-refractivity contribution in [2.45, 2.75) is 26.8 Å². The Hall–Kier alpha value is -1.29. The fourth-order valence-corrected chi connectivity index (χ4v) is 1.45. The van der Waals surface area contributed by atoms with Gasteiger partial charge in [-0.05, 0) is 32.0 Å². The van der Waals surface area contributed by atoms with Crippen molar-refractivity contribution in [3.05, 3.63) is 24.2 Å². The van der Waals surface area contributed by atoms with Gasteiger partial charge in [0.05, 0.1) is 19.4 Å². The summed E-state index contributed by atoms with van der Waals surface area (Å²) in [5.74, 6) is 0.943. The van der Waals surface area contributed by atoms with Gasteiger partial charge in [-0.15, -0.1) is 0 Å². The molecule has 4 nitrogen and oxygen atoms in total. The topological polar surface area (TPSA) is 45.5 Å². The minimum atomic E-state index is 0.118.